The van der Waals surface area contributed by atoms with Gasteiger partial charge in [0.15, 0.2) is 0 Å². The SMILES string of the molecule is Nc1nccc(-c2ccc(OCc3ccccc3)cc2)c1N. The second-order valence-corrected chi connectivity index (χ2v) is 4.96. The molecule has 0 aliphatic heterocycles. The van der Waals surface area contributed by atoms with Gasteiger partial charge in [-0.1, -0.05) is 42.5 Å². The lowest BCUT2D eigenvalue weighted by molar-refractivity contribution is 0.306. The Morgan fingerprint density at radius 2 is 1.59 bits per heavy atom. The quantitative estimate of drug-likeness (QED) is 0.771. The first-order valence-electron chi connectivity index (χ1n) is 7.01. The van der Waals surface area contributed by atoms with Crippen LogP contribution >= 0.6 is 0 Å². The van der Waals surface area contributed by atoms with Gasteiger partial charge >= 0.3 is 0 Å². The van der Waals surface area contributed by atoms with Gasteiger partial charge in [-0.3, -0.25) is 0 Å². The summed E-state index contributed by atoms with van der Waals surface area (Å²) in [7, 11) is 0. The molecule has 0 unspecified atom stereocenters. The van der Waals surface area contributed by atoms with Crippen LogP contribution in [0, 0.1) is 0 Å². The molecule has 110 valence electrons. The molecule has 4 nitrogen and oxygen atoms in total. The number of hydrogen-bond donors (Lipinski definition) is 2. The van der Waals surface area contributed by atoms with E-state index in [1.54, 1.807) is 6.20 Å². The summed E-state index contributed by atoms with van der Waals surface area (Å²) in [6, 6.07) is 19.7. The van der Waals surface area contributed by atoms with Gasteiger partial charge in [0, 0.05) is 11.8 Å². The molecule has 22 heavy (non-hydrogen) atoms. The lowest BCUT2D eigenvalue weighted by Crippen LogP contribution is -1.99. The summed E-state index contributed by atoms with van der Waals surface area (Å²) >= 11 is 0. The highest BCUT2D eigenvalue weighted by atomic mass is 16.5. The molecule has 4 N–H and O–H groups in total. The number of benzene rings is 2. The first kappa shape index (κ1) is 13.9. The Hall–Kier alpha value is -3.01. The molecule has 0 saturated carbocycles. The standard InChI is InChI=1S/C18H17N3O/c19-17-16(10-11-21-18(17)20)14-6-8-15(9-7-14)22-12-13-4-2-1-3-5-13/h1-11H,12,19H2,(H2,20,21). The van der Waals surface area contributed by atoms with Gasteiger partial charge in [-0.05, 0) is 29.3 Å². The van der Waals surface area contributed by atoms with E-state index in [-0.39, 0.29) is 0 Å². The van der Waals surface area contributed by atoms with Gasteiger partial charge in [0.2, 0.25) is 0 Å². The van der Waals surface area contributed by atoms with Crippen LogP contribution in [-0.2, 0) is 6.61 Å². The Kier molecular flexibility index (Phi) is 3.92. The van der Waals surface area contributed by atoms with Crippen LogP contribution in [0.4, 0.5) is 11.5 Å². The Morgan fingerprint density at radius 3 is 2.32 bits per heavy atom. The van der Waals surface area contributed by atoms with Crippen LogP contribution in [0.2, 0.25) is 0 Å². The van der Waals surface area contributed by atoms with Gasteiger partial charge in [-0.15, -0.1) is 0 Å². The summed E-state index contributed by atoms with van der Waals surface area (Å²) < 4.78 is 5.77. The summed E-state index contributed by atoms with van der Waals surface area (Å²) in [4.78, 5) is 3.97. The smallest absolute Gasteiger partial charge is 0.147 e. The molecular formula is C18H17N3O. The number of anilines is 2. The number of nitrogens with two attached hydrogens (primary N) is 2. The van der Waals surface area contributed by atoms with Crippen molar-refractivity contribution in [3.05, 3.63) is 72.4 Å². The van der Waals surface area contributed by atoms with Gasteiger partial charge < -0.3 is 16.2 Å². The van der Waals surface area contributed by atoms with E-state index in [1.165, 1.54) is 0 Å². The fourth-order valence-electron chi connectivity index (χ4n) is 2.21. The average Bonchev–Trinajstić information content (AvgIpc) is 2.57. The van der Waals surface area contributed by atoms with Crippen molar-refractivity contribution in [3.63, 3.8) is 0 Å². The number of aromatic nitrogens is 1. The fourth-order valence-corrected chi connectivity index (χ4v) is 2.21. The molecule has 0 aliphatic rings. The number of pyridine rings is 1. The van der Waals surface area contributed by atoms with Gasteiger partial charge in [0.05, 0.1) is 5.69 Å². The second kappa shape index (κ2) is 6.18. The number of nitrogen functional groups attached to an aromatic ring is 2. The van der Waals surface area contributed by atoms with Crippen LogP contribution in [0.1, 0.15) is 5.56 Å². The Morgan fingerprint density at radius 1 is 0.864 bits per heavy atom. The number of nitrogens with zero attached hydrogens (tertiary/aromatic N) is 1. The Labute approximate surface area is 129 Å². The van der Waals surface area contributed by atoms with E-state index >= 15 is 0 Å². The van der Waals surface area contributed by atoms with Crippen LogP contribution in [-0.4, -0.2) is 4.98 Å². The molecule has 3 aromatic rings. The molecule has 0 radical (unpaired) electrons. The average molecular weight is 291 g/mol. The number of rotatable bonds is 4. The van der Waals surface area contributed by atoms with Crippen molar-refractivity contribution in [2.24, 2.45) is 0 Å². The molecule has 3 rings (SSSR count). The van der Waals surface area contributed by atoms with Gasteiger partial charge in [-0.2, -0.15) is 0 Å². The highest BCUT2D eigenvalue weighted by Gasteiger charge is 2.06. The molecule has 0 spiro atoms. The topological polar surface area (TPSA) is 74.2 Å². The minimum absolute atomic E-state index is 0.349. The van der Waals surface area contributed by atoms with E-state index in [0.717, 1.165) is 22.4 Å². The monoisotopic (exact) mass is 291 g/mol. The first-order valence-corrected chi connectivity index (χ1v) is 7.01. The van der Waals surface area contributed by atoms with E-state index in [2.05, 4.69) is 4.98 Å². The predicted octanol–water partition coefficient (Wildman–Crippen LogP) is 3.49. The molecule has 1 aromatic heterocycles. The maximum absolute atomic E-state index is 5.97. The lowest BCUT2D eigenvalue weighted by Gasteiger charge is -2.09. The number of hydrogen-bond acceptors (Lipinski definition) is 4. The summed E-state index contributed by atoms with van der Waals surface area (Å²) in [6.07, 6.45) is 1.65. The summed E-state index contributed by atoms with van der Waals surface area (Å²) in [5.41, 5.74) is 15.2. The van der Waals surface area contributed by atoms with Gasteiger partial charge in [0.1, 0.15) is 18.2 Å². The molecule has 0 fully saturated rings. The Bertz CT molecular complexity index is 755. The van der Waals surface area contributed by atoms with Crippen molar-refractivity contribution < 1.29 is 4.74 Å². The van der Waals surface area contributed by atoms with E-state index in [1.807, 2.05) is 60.7 Å². The zero-order valence-electron chi connectivity index (χ0n) is 12.1. The molecule has 2 aromatic carbocycles. The molecule has 0 atom stereocenters. The van der Waals surface area contributed by atoms with Crippen LogP contribution in [0.15, 0.2) is 66.9 Å². The third-order valence-electron chi connectivity index (χ3n) is 3.43. The minimum atomic E-state index is 0.349. The van der Waals surface area contributed by atoms with Crippen LogP contribution in [0.3, 0.4) is 0 Å². The molecular weight excluding hydrogens is 274 g/mol. The highest BCUT2D eigenvalue weighted by molar-refractivity contribution is 5.82. The summed E-state index contributed by atoms with van der Waals surface area (Å²) in [6.45, 7) is 0.546. The molecule has 0 amide bonds. The third kappa shape index (κ3) is 3.01. The Balaban J connectivity index is 1.74. The summed E-state index contributed by atoms with van der Waals surface area (Å²) in [5, 5.41) is 0. The third-order valence-corrected chi connectivity index (χ3v) is 3.43. The van der Waals surface area contributed by atoms with Crippen LogP contribution in [0.25, 0.3) is 11.1 Å². The maximum atomic E-state index is 5.97. The molecule has 1 heterocycles. The molecule has 4 heteroatoms. The van der Waals surface area contributed by atoms with Crippen LogP contribution < -0.4 is 16.2 Å². The van der Waals surface area contributed by atoms with E-state index in [4.69, 9.17) is 16.2 Å². The minimum Gasteiger partial charge on any atom is -0.489 e. The molecule has 0 aliphatic carbocycles. The second-order valence-electron chi connectivity index (χ2n) is 4.96. The van der Waals surface area contributed by atoms with Crippen LogP contribution in [0.5, 0.6) is 5.75 Å². The van der Waals surface area contributed by atoms with E-state index < -0.39 is 0 Å². The van der Waals surface area contributed by atoms with Crippen molar-refractivity contribution in [1.82, 2.24) is 4.98 Å². The highest BCUT2D eigenvalue weighted by Crippen LogP contribution is 2.29. The van der Waals surface area contributed by atoms with Crippen molar-refractivity contribution in [2.45, 2.75) is 6.61 Å². The van der Waals surface area contributed by atoms with Gasteiger partial charge in [-0.25, -0.2) is 4.98 Å². The van der Waals surface area contributed by atoms with E-state index in [0.29, 0.717) is 18.1 Å². The van der Waals surface area contributed by atoms with Gasteiger partial charge in [0.25, 0.3) is 0 Å². The van der Waals surface area contributed by atoms with Crippen molar-refractivity contribution >= 4 is 11.5 Å². The van der Waals surface area contributed by atoms with E-state index in [9.17, 15) is 0 Å². The van der Waals surface area contributed by atoms with Crippen molar-refractivity contribution in [2.75, 3.05) is 11.5 Å². The maximum Gasteiger partial charge on any atom is 0.147 e. The first-order chi connectivity index (χ1) is 10.7. The normalized spacial score (nSPS) is 10.4. The predicted molar refractivity (Wildman–Crippen MR) is 89.3 cm³/mol. The molecule has 0 bridgehead atoms. The van der Waals surface area contributed by atoms with Crippen molar-refractivity contribution in [1.29, 1.82) is 0 Å². The molecule has 0 saturated heterocycles. The zero-order valence-corrected chi connectivity index (χ0v) is 12.1. The van der Waals surface area contributed by atoms with Crippen molar-refractivity contribution in [3.8, 4) is 16.9 Å². The number of ether oxygens (including phenoxy) is 1. The summed E-state index contributed by atoms with van der Waals surface area (Å²) in [5.74, 6) is 1.16. The fraction of sp³-hybridized carbons (Fsp3) is 0.0556. The largest absolute Gasteiger partial charge is 0.489 e. The zero-order chi connectivity index (χ0) is 15.4. The lowest BCUT2D eigenvalue weighted by atomic mass is 10.1.